The van der Waals surface area contributed by atoms with Crippen molar-refractivity contribution in [2.75, 3.05) is 0 Å². The first-order valence-electron chi connectivity index (χ1n) is 6.04. The van der Waals surface area contributed by atoms with E-state index in [0.717, 1.165) is 5.39 Å². The van der Waals surface area contributed by atoms with E-state index in [1.165, 1.54) is 12.1 Å². The Morgan fingerprint density at radius 3 is 3.00 bits per heavy atom. The highest BCUT2D eigenvalue weighted by molar-refractivity contribution is 5.80. The van der Waals surface area contributed by atoms with Crippen LogP contribution in [0.5, 0.6) is 0 Å². The molecule has 20 heavy (non-hydrogen) atoms. The van der Waals surface area contributed by atoms with E-state index in [1.807, 2.05) is 0 Å². The molecule has 0 aliphatic heterocycles. The van der Waals surface area contributed by atoms with E-state index < -0.39 is 4.92 Å². The van der Waals surface area contributed by atoms with Crippen molar-refractivity contribution in [2.45, 2.75) is 12.6 Å². The number of nitrogens with two attached hydrogens (primary N) is 1. The molecule has 0 saturated carbocycles. The van der Waals surface area contributed by atoms with Gasteiger partial charge in [0.1, 0.15) is 5.76 Å². The Kier molecular flexibility index (Phi) is 2.96. The average molecular weight is 272 g/mol. The van der Waals surface area contributed by atoms with Crippen LogP contribution in [0.15, 0.2) is 47.2 Å². The van der Waals surface area contributed by atoms with Gasteiger partial charge in [-0.15, -0.1) is 0 Å². The van der Waals surface area contributed by atoms with Crippen LogP contribution in [0.3, 0.4) is 0 Å². The first-order valence-corrected chi connectivity index (χ1v) is 6.04. The molecule has 3 aromatic rings. The van der Waals surface area contributed by atoms with Gasteiger partial charge < -0.3 is 10.2 Å². The van der Waals surface area contributed by atoms with Gasteiger partial charge in [-0.3, -0.25) is 14.8 Å². The van der Waals surface area contributed by atoms with Crippen LogP contribution in [0.25, 0.3) is 10.9 Å². The first kappa shape index (κ1) is 12.4. The third-order valence-electron chi connectivity index (χ3n) is 3.12. The number of nitro groups is 1. The van der Waals surface area contributed by atoms with Crippen molar-refractivity contribution in [3.8, 4) is 0 Å². The minimum absolute atomic E-state index is 0.0332. The standard InChI is InChI=1S/C13H12N4O3/c14-11(13-2-1-5-20-13)8-16-12-6-10(17(18)19)4-3-9(12)7-15-16/h1-7,11H,8,14H2. The van der Waals surface area contributed by atoms with Gasteiger partial charge in [-0.25, -0.2) is 0 Å². The van der Waals surface area contributed by atoms with Crippen LogP contribution >= 0.6 is 0 Å². The number of hydrogen-bond acceptors (Lipinski definition) is 5. The summed E-state index contributed by atoms with van der Waals surface area (Å²) in [6, 6.07) is 7.83. The molecular weight excluding hydrogens is 260 g/mol. The van der Waals surface area contributed by atoms with Crippen LogP contribution < -0.4 is 5.73 Å². The van der Waals surface area contributed by atoms with Gasteiger partial charge in [-0.2, -0.15) is 5.10 Å². The summed E-state index contributed by atoms with van der Waals surface area (Å²) < 4.78 is 6.89. The SMILES string of the molecule is NC(Cn1ncc2ccc([N+](=O)[O-])cc21)c1ccco1. The number of furan rings is 1. The number of benzene rings is 1. The third-order valence-corrected chi connectivity index (χ3v) is 3.12. The fourth-order valence-electron chi connectivity index (χ4n) is 2.10. The monoisotopic (exact) mass is 272 g/mol. The quantitative estimate of drug-likeness (QED) is 0.579. The molecule has 2 aromatic heterocycles. The molecule has 0 fully saturated rings. The minimum Gasteiger partial charge on any atom is -0.468 e. The fraction of sp³-hybridized carbons (Fsp3) is 0.154. The highest BCUT2D eigenvalue weighted by Gasteiger charge is 2.14. The van der Waals surface area contributed by atoms with Crippen molar-refractivity contribution in [3.63, 3.8) is 0 Å². The van der Waals surface area contributed by atoms with Crippen LogP contribution in [-0.2, 0) is 6.54 Å². The van der Waals surface area contributed by atoms with Crippen molar-refractivity contribution in [3.05, 3.63) is 58.7 Å². The minimum atomic E-state index is -0.427. The van der Waals surface area contributed by atoms with Gasteiger partial charge in [-0.1, -0.05) is 0 Å². The summed E-state index contributed by atoms with van der Waals surface area (Å²) in [5, 5.41) is 15.9. The molecule has 0 aliphatic rings. The summed E-state index contributed by atoms with van der Waals surface area (Å²) in [5.74, 6) is 0.652. The molecule has 0 aliphatic carbocycles. The number of rotatable bonds is 4. The zero-order valence-corrected chi connectivity index (χ0v) is 10.5. The lowest BCUT2D eigenvalue weighted by molar-refractivity contribution is -0.384. The van der Waals surface area contributed by atoms with E-state index in [0.29, 0.717) is 17.8 Å². The van der Waals surface area contributed by atoms with Crippen LogP contribution in [0.4, 0.5) is 5.69 Å². The summed E-state index contributed by atoms with van der Waals surface area (Å²) in [4.78, 5) is 10.4. The molecule has 0 spiro atoms. The summed E-state index contributed by atoms with van der Waals surface area (Å²) in [5.41, 5.74) is 6.75. The van der Waals surface area contributed by atoms with E-state index in [4.69, 9.17) is 10.2 Å². The molecule has 102 valence electrons. The van der Waals surface area contributed by atoms with Gasteiger partial charge in [0.25, 0.3) is 5.69 Å². The van der Waals surface area contributed by atoms with Gasteiger partial charge >= 0.3 is 0 Å². The average Bonchev–Trinajstić information content (AvgIpc) is 3.08. The molecule has 0 bridgehead atoms. The molecule has 7 heteroatoms. The van der Waals surface area contributed by atoms with Crippen LogP contribution in [0.2, 0.25) is 0 Å². The molecule has 1 aromatic carbocycles. The third kappa shape index (κ3) is 2.14. The molecule has 1 atom stereocenters. The summed E-state index contributed by atoms with van der Waals surface area (Å²) in [6.45, 7) is 0.387. The molecule has 0 saturated heterocycles. The Morgan fingerprint density at radius 1 is 1.45 bits per heavy atom. The second-order valence-electron chi connectivity index (χ2n) is 4.45. The van der Waals surface area contributed by atoms with E-state index in [1.54, 1.807) is 35.3 Å². The van der Waals surface area contributed by atoms with Gasteiger partial charge in [0.2, 0.25) is 0 Å². The largest absolute Gasteiger partial charge is 0.468 e. The lowest BCUT2D eigenvalue weighted by Gasteiger charge is -2.09. The maximum Gasteiger partial charge on any atom is 0.271 e. The van der Waals surface area contributed by atoms with E-state index in [2.05, 4.69) is 5.10 Å². The second-order valence-corrected chi connectivity index (χ2v) is 4.45. The smallest absolute Gasteiger partial charge is 0.271 e. The normalized spacial score (nSPS) is 12.7. The molecular formula is C13H12N4O3. The Bertz CT molecular complexity index is 748. The maximum atomic E-state index is 10.8. The van der Waals surface area contributed by atoms with Crippen LogP contribution in [0.1, 0.15) is 11.8 Å². The molecule has 0 amide bonds. The Balaban J connectivity index is 1.95. The van der Waals surface area contributed by atoms with Crippen molar-refractivity contribution in [1.29, 1.82) is 0 Å². The topological polar surface area (TPSA) is 100 Å². The Morgan fingerprint density at radius 2 is 2.30 bits per heavy atom. The first-order chi connectivity index (χ1) is 9.65. The van der Waals surface area contributed by atoms with Crippen LogP contribution in [-0.4, -0.2) is 14.7 Å². The molecule has 2 heterocycles. The fourth-order valence-corrected chi connectivity index (χ4v) is 2.10. The number of nitro benzene ring substituents is 1. The molecule has 0 radical (unpaired) electrons. The number of nitrogens with zero attached hydrogens (tertiary/aromatic N) is 3. The van der Waals surface area contributed by atoms with Crippen molar-refractivity contribution >= 4 is 16.6 Å². The van der Waals surface area contributed by atoms with E-state index >= 15 is 0 Å². The number of aromatic nitrogens is 2. The predicted molar refractivity (Wildman–Crippen MR) is 72.0 cm³/mol. The van der Waals surface area contributed by atoms with Gasteiger partial charge in [0, 0.05) is 17.5 Å². The highest BCUT2D eigenvalue weighted by Crippen LogP contribution is 2.22. The number of hydrogen-bond donors (Lipinski definition) is 1. The zero-order valence-electron chi connectivity index (χ0n) is 10.5. The van der Waals surface area contributed by atoms with Crippen molar-refractivity contribution in [1.82, 2.24) is 9.78 Å². The van der Waals surface area contributed by atoms with Gasteiger partial charge in [0.05, 0.1) is 35.5 Å². The zero-order chi connectivity index (χ0) is 14.1. The maximum absolute atomic E-state index is 10.8. The summed E-state index contributed by atoms with van der Waals surface area (Å²) in [6.07, 6.45) is 3.22. The summed E-state index contributed by atoms with van der Waals surface area (Å²) in [7, 11) is 0. The Labute approximate surface area is 113 Å². The summed E-state index contributed by atoms with van der Waals surface area (Å²) >= 11 is 0. The molecule has 1 unspecified atom stereocenters. The second kappa shape index (κ2) is 4.78. The van der Waals surface area contributed by atoms with E-state index in [-0.39, 0.29) is 11.7 Å². The van der Waals surface area contributed by atoms with Crippen molar-refractivity contribution < 1.29 is 9.34 Å². The number of non-ortho nitro benzene ring substituents is 1. The lowest BCUT2D eigenvalue weighted by Crippen LogP contribution is -2.17. The predicted octanol–water partition coefficient (Wildman–Crippen LogP) is 2.24. The van der Waals surface area contributed by atoms with Gasteiger partial charge in [0.15, 0.2) is 0 Å². The van der Waals surface area contributed by atoms with Crippen molar-refractivity contribution in [2.24, 2.45) is 5.73 Å². The highest BCUT2D eigenvalue weighted by atomic mass is 16.6. The number of fused-ring (bicyclic) bond motifs is 1. The molecule has 7 nitrogen and oxygen atoms in total. The molecule has 2 N–H and O–H groups in total. The van der Waals surface area contributed by atoms with E-state index in [9.17, 15) is 10.1 Å². The Hall–Kier alpha value is -2.67. The lowest BCUT2D eigenvalue weighted by atomic mass is 10.2. The molecule has 3 rings (SSSR count). The van der Waals surface area contributed by atoms with Gasteiger partial charge in [-0.05, 0) is 18.2 Å². The van der Waals surface area contributed by atoms with Crippen LogP contribution in [0, 0.1) is 10.1 Å².